The molecule has 0 aromatic carbocycles. The fourth-order valence-electron chi connectivity index (χ4n) is 1.17. The molecule has 2 aromatic rings. The smallest absolute Gasteiger partial charge is 0.183 e. The summed E-state index contributed by atoms with van der Waals surface area (Å²) < 4.78 is 5.00. The molecule has 6 heteroatoms. The number of hydrogen-bond acceptors (Lipinski definition) is 5. The highest BCUT2D eigenvalue weighted by molar-refractivity contribution is 6.33. The van der Waals surface area contributed by atoms with E-state index in [4.69, 9.17) is 21.6 Å². The van der Waals surface area contributed by atoms with Crippen molar-refractivity contribution in [2.75, 3.05) is 7.11 Å². The minimum atomic E-state index is 0.168. The van der Waals surface area contributed by atoms with Crippen LogP contribution in [0, 0.1) is 11.3 Å². The van der Waals surface area contributed by atoms with Crippen molar-refractivity contribution in [3.8, 4) is 11.8 Å². The average molecular weight is 221 g/mol. The number of nitriles is 1. The minimum Gasteiger partial charge on any atom is -0.494 e. The molecule has 0 atom stereocenters. The van der Waals surface area contributed by atoms with Crippen LogP contribution in [0.2, 0.25) is 5.15 Å². The van der Waals surface area contributed by atoms with Crippen LogP contribution < -0.4 is 4.74 Å². The molecule has 2 rings (SSSR count). The van der Waals surface area contributed by atoms with Gasteiger partial charge in [-0.2, -0.15) is 5.26 Å². The van der Waals surface area contributed by atoms with Crippen LogP contribution >= 0.6 is 11.6 Å². The summed E-state index contributed by atoms with van der Waals surface area (Å²) in [5, 5.41) is 9.04. The van der Waals surface area contributed by atoms with Crippen LogP contribution in [0.3, 0.4) is 0 Å². The lowest BCUT2D eigenvalue weighted by atomic mass is 10.3. The summed E-state index contributed by atoms with van der Waals surface area (Å²) >= 11 is 5.82. The highest BCUT2D eigenvalue weighted by Crippen LogP contribution is 2.23. The number of aromatic nitrogens is 3. The first kappa shape index (κ1) is 9.62. The first-order chi connectivity index (χ1) is 7.26. The van der Waals surface area contributed by atoms with Crippen molar-refractivity contribution in [2.24, 2.45) is 0 Å². The van der Waals surface area contributed by atoms with E-state index in [0.29, 0.717) is 16.8 Å². The molecule has 2 aromatic heterocycles. The highest BCUT2D eigenvalue weighted by atomic mass is 35.5. The number of fused-ring (bicyclic) bond motifs is 1. The van der Waals surface area contributed by atoms with Crippen molar-refractivity contribution in [1.29, 1.82) is 5.26 Å². The van der Waals surface area contributed by atoms with Gasteiger partial charge < -0.3 is 4.74 Å². The third-order valence-corrected chi connectivity index (χ3v) is 2.13. The lowest BCUT2D eigenvalue weighted by Gasteiger charge is -2.03. The normalized spacial score (nSPS) is 9.93. The minimum absolute atomic E-state index is 0.168. The lowest BCUT2D eigenvalue weighted by Crippen LogP contribution is -1.95. The Hall–Kier alpha value is -1.93. The van der Waals surface area contributed by atoms with Gasteiger partial charge in [0.1, 0.15) is 17.9 Å². The SMILES string of the molecule is COc1cc2ncnc(Cl)c2nc1C#N. The number of halogens is 1. The summed E-state index contributed by atoms with van der Waals surface area (Å²) in [5.74, 6) is 0.375. The zero-order valence-corrected chi connectivity index (χ0v) is 8.49. The van der Waals surface area contributed by atoms with Crippen LogP contribution in [0.5, 0.6) is 5.75 Å². The fraction of sp³-hybridized carbons (Fsp3) is 0.111. The maximum atomic E-state index is 8.82. The predicted molar refractivity (Wildman–Crippen MR) is 53.6 cm³/mol. The van der Waals surface area contributed by atoms with Gasteiger partial charge in [-0.1, -0.05) is 11.6 Å². The molecule has 0 saturated carbocycles. The topological polar surface area (TPSA) is 71.7 Å². The molecule has 0 N–H and O–H groups in total. The summed E-state index contributed by atoms with van der Waals surface area (Å²) in [5.41, 5.74) is 1.11. The number of pyridine rings is 1. The molecule has 0 amide bonds. The van der Waals surface area contributed by atoms with Gasteiger partial charge in [-0.15, -0.1) is 0 Å². The maximum absolute atomic E-state index is 8.82. The lowest BCUT2D eigenvalue weighted by molar-refractivity contribution is 0.412. The van der Waals surface area contributed by atoms with Crippen molar-refractivity contribution in [3.63, 3.8) is 0 Å². The molecule has 5 nitrogen and oxygen atoms in total. The van der Waals surface area contributed by atoms with Crippen LogP contribution in [-0.4, -0.2) is 22.1 Å². The first-order valence-electron chi connectivity index (χ1n) is 4.01. The van der Waals surface area contributed by atoms with Crippen LogP contribution in [0.25, 0.3) is 11.0 Å². The van der Waals surface area contributed by atoms with Gasteiger partial charge in [0.05, 0.1) is 12.6 Å². The molecular weight excluding hydrogens is 216 g/mol. The van der Waals surface area contributed by atoms with E-state index < -0.39 is 0 Å². The molecule has 15 heavy (non-hydrogen) atoms. The van der Waals surface area contributed by atoms with Crippen LogP contribution in [0.4, 0.5) is 0 Å². The van der Waals surface area contributed by atoms with Gasteiger partial charge in [-0.3, -0.25) is 0 Å². The standard InChI is InChI=1S/C9H5ClN4O/c1-15-7-2-5-8(14-6(7)3-11)9(10)13-4-12-5/h2,4H,1H3. The second kappa shape index (κ2) is 3.67. The molecule has 2 heterocycles. The number of methoxy groups -OCH3 is 1. The summed E-state index contributed by atoms with van der Waals surface area (Å²) in [4.78, 5) is 11.8. The molecule has 0 radical (unpaired) electrons. The van der Waals surface area contributed by atoms with Gasteiger partial charge in [0.15, 0.2) is 16.6 Å². The van der Waals surface area contributed by atoms with Crippen LogP contribution in [0.1, 0.15) is 5.69 Å². The second-order valence-electron chi connectivity index (χ2n) is 2.68. The number of ether oxygens (including phenoxy) is 1. The Bertz CT molecular complexity index is 564. The molecule has 0 spiro atoms. The van der Waals surface area contributed by atoms with E-state index >= 15 is 0 Å². The van der Waals surface area contributed by atoms with Gasteiger partial charge in [0, 0.05) is 6.07 Å². The Kier molecular flexibility index (Phi) is 2.35. The highest BCUT2D eigenvalue weighted by Gasteiger charge is 2.10. The maximum Gasteiger partial charge on any atom is 0.183 e. The van der Waals surface area contributed by atoms with E-state index in [2.05, 4.69) is 15.0 Å². The monoisotopic (exact) mass is 220 g/mol. The van der Waals surface area contributed by atoms with Crippen LogP contribution in [0.15, 0.2) is 12.4 Å². The Labute approximate surface area is 90.3 Å². The molecule has 0 bridgehead atoms. The van der Waals surface area contributed by atoms with Gasteiger partial charge in [-0.25, -0.2) is 15.0 Å². The molecule has 0 fully saturated rings. The largest absolute Gasteiger partial charge is 0.494 e. The van der Waals surface area contributed by atoms with Crippen molar-refractivity contribution in [3.05, 3.63) is 23.2 Å². The fourth-order valence-corrected chi connectivity index (χ4v) is 1.36. The Balaban J connectivity index is 2.83. The number of hydrogen-bond donors (Lipinski definition) is 0. The van der Waals surface area contributed by atoms with E-state index in [9.17, 15) is 0 Å². The summed E-state index contributed by atoms with van der Waals surface area (Å²) in [6, 6.07) is 3.52. The summed E-state index contributed by atoms with van der Waals surface area (Å²) in [7, 11) is 1.46. The van der Waals surface area contributed by atoms with E-state index in [1.165, 1.54) is 13.4 Å². The van der Waals surface area contributed by atoms with Gasteiger partial charge >= 0.3 is 0 Å². The quantitative estimate of drug-likeness (QED) is 0.682. The zero-order chi connectivity index (χ0) is 10.8. The Morgan fingerprint density at radius 1 is 1.47 bits per heavy atom. The molecule has 74 valence electrons. The second-order valence-corrected chi connectivity index (χ2v) is 3.04. The molecule has 0 unspecified atom stereocenters. The van der Waals surface area contributed by atoms with Crippen LogP contribution in [-0.2, 0) is 0 Å². The van der Waals surface area contributed by atoms with Gasteiger partial charge in [-0.05, 0) is 0 Å². The van der Waals surface area contributed by atoms with E-state index in [-0.39, 0.29) is 10.8 Å². The van der Waals surface area contributed by atoms with Crippen molar-refractivity contribution >= 4 is 22.6 Å². The van der Waals surface area contributed by atoms with E-state index in [1.807, 2.05) is 6.07 Å². The van der Waals surface area contributed by atoms with E-state index in [1.54, 1.807) is 6.07 Å². The molecule has 0 saturated heterocycles. The molecule has 0 aliphatic carbocycles. The number of rotatable bonds is 1. The van der Waals surface area contributed by atoms with Crippen molar-refractivity contribution < 1.29 is 4.74 Å². The molecule has 0 aliphatic rings. The summed E-state index contributed by atoms with van der Waals surface area (Å²) in [6.45, 7) is 0. The third kappa shape index (κ3) is 1.55. The van der Waals surface area contributed by atoms with Gasteiger partial charge in [0.2, 0.25) is 0 Å². The first-order valence-corrected chi connectivity index (χ1v) is 4.39. The third-order valence-electron chi connectivity index (χ3n) is 1.86. The molecule has 0 aliphatic heterocycles. The number of nitrogens with zero attached hydrogens (tertiary/aromatic N) is 4. The van der Waals surface area contributed by atoms with Gasteiger partial charge in [0.25, 0.3) is 0 Å². The Morgan fingerprint density at radius 3 is 2.93 bits per heavy atom. The Morgan fingerprint density at radius 2 is 2.27 bits per heavy atom. The van der Waals surface area contributed by atoms with Crippen molar-refractivity contribution in [1.82, 2.24) is 15.0 Å². The summed E-state index contributed by atoms with van der Waals surface area (Å²) in [6.07, 6.45) is 1.33. The average Bonchev–Trinajstić information content (AvgIpc) is 2.28. The van der Waals surface area contributed by atoms with E-state index in [0.717, 1.165) is 0 Å². The predicted octanol–water partition coefficient (Wildman–Crippen LogP) is 1.56. The zero-order valence-electron chi connectivity index (χ0n) is 7.73. The van der Waals surface area contributed by atoms with Crippen molar-refractivity contribution in [2.45, 2.75) is 0 Å². The molecular formula is C9H5ClN4O.